The molecule has 3 aromatic rings. The lowest BCUT2D eigenvalue weighted by Crippen LogP contribution is -2.28. The van der Waals surface area contributed by atoms with Crippen molar-refractivity contribution in [1.29, 1.82) is 0 Å². The smallest absolute Gasteiger partial charge is 0.233 e. The number of rotatable bonds is 6. The summed E-state index contributed by atoms with van der Waals surface area (Å²) in [5, 5.41) is 9.21. The van der Waals surface area contributed by atoms with Gasteiger partial charge in [-0.1, -0.05) is 29.4 Å². The third-order valence-electron chi connectivity index (χ3n) is 3.96. The Kier molecular flexibility index (Phi) is 6.08. The molecule has 6 nitrogen and oxygen atoms in total. The number of hydrogen-bond donors (Lipinski definition) is 0. The van der Waals surface area contributed by atoms with Gasteiger partial charge in [0.2, 0.25) is 5.91 Å². The number of carbonyl (C=O) groups excluding carboxylic acids is 1. The Morgan fingerprint density at radius 1 is 1.30 bits per heavy atom. The number of carbonyl (C=O) groups is 1. The van der Waals surface area contributed by atoms with Crippen LogP contribution < -0.4 is 0 Å². The number of aromatic nitrogens is 4. The van der Waals surface area contributed by atoms with Gasteiger partial charge < -0.3 is 9.47 Å². The zero-order valence-electron chi connectivity index (χ0n) is 14.8. The Morgan fingerprint density at radius 2 is 2.11 bits per heavy atom. The maximum Gasteiger partial charge on any atom is 0.233 e. The van der Waals surface area contributed by atoms with E-state index in [1.165, 1.54) is 28.8 Å². The Labute approximate surface area is 165 Å². The molecule has 0 fully saturated rings. The van der Waals surface area contributed by atoms with Crippen molar-refractivity contribution in [3.63, 3.8) is 0 Å². The van der Waals surface area contributed by atoms with Crippen LogP contribution in [0.2, 0.25) is 5.02 Å². The second kappa shape index (κ2) is 8.49. The highest BCUT2D eigenvalue weighted by Crippen LogP contribution is 2.23. The van der Waals surface area contributed by atoms with E-state index in [0.29, 0.717) is 21.6 Å². The van der Waals surface area contributed by atoms with E-state index in [0.717, 1.165) is 5.56 Å². The molecule has 27 heavy (non-hydrogen) atoms. The maximum atomic E-state index is 13.9. The average Bonchev–Trinajstić information content (AvgIpc) is 3.04. The largest absolute Gasteiger partial charge is 0.341 e. The zero-order valence-corrected chi connectivity index (χ0v) is 16.3. The van der Waals surface area contributed by atoms with Crippen LogP contribution in [-0.4, -0.2) is 43.4 Å². The van der Waals surface area contributed by atoms with Gasteiger partial charge in [-0.05, 0) is 24.3 Å². The third kappa shape index (κ3) is 4.45. The van der Waals surface area contributed by atoms with Gasteiger partial charge in [0, 0.05) is 49.2 Å². The molecule has 3 rings (SSSR count). The standard InChI is InChI=1S/C18H17ClFN5OS/c1-24(10-13-14(19)6-3-7-15(13)20)16(26)11-27-18-23-22-17(25(18)2)12-5-4-8-21-9-12/h3-9H,10-11H2,1-2H3. The molecule has 140 valence electrons. The van der Waals surface area contributed by atoms with Crippen LogP contribution in [0.3, 0.4) is 0 Å². The maximum absolute atomic E-state index is 13.9. The summed E-state index contributed by atoms with van der Waals surface area (Å²) in [6, 6.07) is 8.18. The summed E-state index contributed by atoms with van der Waals surface area (Å²) in [6.45, 7) is 0.102. The highest BCUT2D eigenvalue weighted by atomic mass is 35.5. The van der Waals surface area contributed by atoms with Gasteiger partial charge in [-0.15, -0.1) is 10.2 Å². The minimum absolute atomic E-state index is 0.102. The molecule has 0 bridgehead atoms. The first-order valence-electron chi connectivity index (χ1n) is 8.07. The van der Waals surface area contributed by atoms with Crippen molar-refractivity contribution in [1.82, 2.24) is 24.6 Å². The van der Waals surface area contributed by atoms with Gasteiger partial charge in [-0.2, -0.15) is 0 Å². The molecule has 2 aromatic heterocycles. The van der Waals surface area contributed by atoms with E-state index in [-0.39, 0.29) is 18.2 Å². The lowest BCUT2D eigenvalue weighted by atomic mass is 10.2. The molecule has 1 amide bonds. The van der Waals surface area contributed by atoms with Crippen molar-refractivity contribution in [3.8, 4) is 11.4 Å². The van der Waals surface area contributed by atoms with Crippen LogP contribution in [0.1, 0.15) is 5.56 Å². The monoisotopic (exact) mass is 405 g/mol. The van der Waals surface area contributed by atoms with E-state index in [2.05, 4.69) is 15.2 Å². The predicted molar refractivity (Wildman–Crippen MR) is 103 cm³/mol. The molecule has 0 N–H and O–H groups in total. The van der Waals surface area contributed by atoms with E-state index in [9.17, 15) is 9.18 Å². The minimum atomic E-state index is -0.427. The first-order chi connectivity index (χ1) is 13.0. The summed E-state index contributed by atoms with van der Waals surface area (Å²) < 4.78 is 15.7. The molecule has 2 heterocycles. The summed E-state index contributed by atoms with van der Waals surface area (Å²) in [5.74, 6) is 0.237. The van der Waals surface area contributed by atoms with Crippen molar-refractivity contribution in [3.05, 3.63) is 59.1 Å². The molecule has 9 heteroatoms. The van der Waals surface area contributed by atoms with Gasteiger partial charge in [-0.25, -0.2) is 4.39 Å². The SMILES string of the molecule is CN(Cc1c(F)cccc1Cl)C(=O)CSc1nnc(-c2cccnc2)n1C. The van der Waals surface area contributed by atoms with E-state index >= 15 is 0 Å². The summed E-state index contributed by atoms with van der Waals surface area (Å²) in [4.78, 5) is 17.9. The molecule has 0 spiro atoms. The van der Waals surface area contributed by atoms with Crippen molar-refractivity contribution in [2.75, 3.05) is 12.8 Å². The lowest BCUT2D eigenvalue weighted by molar-refractivity contribution is -0.127. The molecule has 0 radical (unpaired) electrons. The Balaban J connectivity index is 1.63. The second-order valence-corrected chi connectivity index (χ2v) is 7.20. The quantitative estimate of drug-likeness (QED) is 0.588. The number of hydrogen-bond acceptors (Lipinski definition) is 5. The van der Waals surface area contributed by atoms with Crippen LogP contribution in [0.4, 0.5) is 4.39 Å². The van der Waals surface area contributed by atoms with Gasteiger partial charge >= 0.3 is 0 Å². The van der Waals surface area contributed by atoms with E-state index < -0.39 is 5.82 Å². The molecule has 0 aliphatic carbocycles. The third-order valence-corrected chi connectivity index (χ3v) is 5.32. The van der Waals surface area contributed by atoms with Gasteiger partial charge in [0.25, 0.3) is 0 Å². The van der Waals surface area contributed by atoms with Gasteiger partial charge in [-0.3, -0.25) is 9.78 Å². The van der Waals surface area contributed by atoms with E-state index in [1.807, 2.05) is 23.7 Å². The Hall–Kier alpha value is -2.45. The molecule has 0 atom stereocenters. The molecular weight excluding hydrogens is 389 g/mol. The lowest BCUT2D eigenvalue weighted by Gasteiger charge is -2.18. The Bertz CT molecular complexity index is 930. The van der Waals surface area contributed by atoms with Crippen molar-refractivity contribution in [2.45, 2.75) is 11.7 Å². The first kappa shape index (κ1) is 19.3. The number of pyridine rings is 1. The second-order valence-electron chi connectivity index (χ2n) is 5.85. The van der Waals surface area contributed by atoms with E-state index in [1.54, 1.807) is 25.5 Å². The van der Waals surface area contributed by atoms with Crippen molar-refractivity contribution >= 4 is 29.3 Å². The number of benzene rings is 1. The summed E-state index contributed by atoms with van der Waals surface area (Å²) in [5.41, 5.74) is 1.15. The van der Waals surface area contributed by atoms with Gasteiger partial charge in [0.15, 0.2) is 11.0 Å². The molecule has 0 saturated heterocycles. The van der Waals surface area contributed by atoms with Crippen LogP contribution in [0, 0.1) is 5.82 Å². The van der Waals surface area contributed by atoms with Crippen LogP contribution in [-0.2, 0) is 18.4 Å². The highest BCUT2D eigenvalue weighted by Gasteiger charge is 2.17. The molecule has 0 aliphatic rings. The number of halogens is 2. The summed E-state index contributed by atoms with van der Waals surface area (Å²) >= 11 is 7.29. The fourth-order valence-electron chi connectivity index (χ4n) is 2.43. The number of thioether (sulfide) groups is 1. The van der Waals surface area contributed by atoms with Gasteiger partial charge in [0.05, 0.1) is 5.75 Å². The highest BCUT2D eigenvalue weighted by molar-refractivity contribution is 7.99. The molecule has 0 unspecified atom stereocenters. The Morgan fingerprint density at radius 3 is 2.81 bits per heavy atom. The van der Waals surface area contributed by atoms with Crippen LogP contribution >= 0.6 is 23.4 Å². The fraction of sp³-hybridized carbons (Fsp3) is 0.222. The van der Waals surface area contributed by atoms with Gasteiger partial charge in [0.1, 0.15) is 5.82 Å². The van der Waals surface area contributed by atoms with Crippen molar-refractivity contribution in [2.24, 2.45) is 7.05 Å². The molecule has 1 aromatic carbocycles. The minimum Gasteiger partial charge on any atom is -0.341 e. The average molecular weight is 406 g/mol. The summed E-state index contributed by atoms with van der Waals surface area (Å²) in [7, 11) is 3.45. The molecular formula is C18H17ClFN5OS. The first-order valence-corrected chi connectivity index (χ1v) is 9.43. The number of amides is 1. The van der Waals surface area contributed by atoms with Crippen LogP contribution in [0.25, 0.3) is 11.4 Å². The van der Waals surface area contributed by atoms with Crippen LogP contribution in [0.5, 0.6) is 0 Å². The van der Waals surface area contributed by atoms with E-state index in [4.69, 9.17) is 11.6 Å². The van der Waals surface area contributed by atoms with Crippen LogP contribution in [0.15, 0.2) is 47.9 Å². The normalized spacial score (nSPS) is 10.8. The van der Waals surface area contributed by atoms with Crippen molar-refractivity contribution < 1.29 is 9.18 Å². The summed E-state index contributed by atoms with van der Waals surface area (Å²) in [6.07, 6.45) is 3.39. The topological polar surface area (TPSA) is 63.9 Å². The molecule has 0 saturated carbocycles. The fourth-order valence-corrected chi connectivity index (χ4v) is 3.51. The number of nitrogens with zero attached hydrogens (tertiary/aromatic N) is 5. The zero-order chi connectivity index (χ0) is 19.4. The molecule has 0 aliphatic heterocycles. The predicted octanol–water partition coefficient (Wildman–Crippen LogP) is 3.42.